The summed E-state index contributed by atoms with van der Waals surface area (Å²) in [4.78, 5) is 38.2. The molecule has 1 aliphatic heterocycles. The van der Waals surface area contributed by atoms with Crippen molar-refractivity contribution in [3.63, 3.8) is 0 Å². The first-order chi connectivity index (χ1) is 12.0. The van der Waals surface area contributed by atoms with Crippen molar-refractivity contribution in [2.45, 2.75) is 0 Å². The monoisotopic (exact) mass is 333 g/mol. The number of imide groups is 1. The highest BCUT2D eigenvalue weighted by Crippen LogP contribution is 2.35. The Kier molecular flexibility index (Phi) is 3.08. The summed E-state index contributed by atoms with van der Waals surface area (Å²) in [7, 11) is 0. The Morgan fingerprint density at radius 3 is 2.24 bits per heavy atom. The van der Waals surface area contributed by atoms with E-state index in [1.54, 1.807) is 24.3 Å². The topological polar surface area (TPSA) is 94.9 Å². The Hall–Kier alpha value is -3.67. The van der Waals surface area contributed by atoms with Gasteiger partial charge in [0, 0.05) is 22.6 Å². The predicted molar refractivity (Wildman–Crippen MR) is 90.2 cm³/mol. The maximum atomic E-state index is 12.9. The van der Waals surface area contributed by atoms with E-state index in [0.717, 1.165) is 4.90 Å². The van der Waals surface area contributed by atoms with E-state index >= 15 is 0 Å². The molecule has 2 N–H and O–H groups in total. The average Bonchev–Trinajstić information content (AvgIpc) is 2.59. The molecular weight excluding hydrogens is 322 g/mol. The Morgan fingerprint density at radius 2 is 1.56 bits per heavy atom. The fourth-order valence-corrected chi connectivity index (χ4v) is 3.15. The van der Waals surface area contributed by atoms with E-state index in [4.69, 9.17) is 0 Å². The lowest BCUT2D eigenvalue weighted by atomic mass is 9.91. The summed E-state index contributed by atoms with van der Waals surface area (Å²) < 4.78 is 0. The van der Waals surface area contributed by atoms with Crippen LogP contribution in [0.4, 0.5) is 5.69 Å². The second-order valence-electron chi connectivity index (χ2n) is 5.66. The molecule has 0 unspecified atom stereocenters. The van der Waals surface area contributed by atoms with Crippen LogP contribution in [-0.4, -0.2) is 28.0 Å². The highest BCUT2D eigenvalue weighted by atomic mass is 16.4. The maximum absolute atomic E-state index is 12.9. The quantitative estimate of drug-likeness (QED) is 0.703. The van der Waals surface area contributed by atoms with Crippen molar-refractivity contribution in [3.05, 3.63) is 71.3 Å². The lowest BCUT2D eigenvalue weighted by Crippen LogP contribution is -2.40. The second kappa shape index (κ2) is 5.17. The van der Waals surface area contributed by atoms with Crippen LogP contribution in [0.3, 0.4) is 0 Å². The zero-order chi connectivity index (χ0) is 17.7. The van der Waals surface area contributed by atoms with Gasteiger partial charge in [-0.1, -0.05) is 18.2 Å². The number of benzene rings is 3. The lowest BCUT2D eigenvalue weighted by molar-refractivity contribution is 0.0697. The van der Waals surface area contributed by atoms with E-state index in [9.17, 15) is 24.6 Å². The third-order valence-corrected chi connectivity index (χ3v) is 4.23. The number of phenolic OH excluding ortho intramolecular Hbond substituents is 1. The Morgan fingerprint density at radius 1 is 0.880 bits per heavy atom. The number of hydrogen-bond acceptors (Lipinski definition) is 4. The Labute approximate surface area is 141 Å². The summed E-state index contributed by atoms with van der Waals surface area (Å²) in [6, 6.07) is 13.3. The normalized spacial score (nSPS) is 13.4. The lowest BCUT2D eigenvalue weighted by Gasteiger charge is -2.27. The molecule has 122 valence electrons. The van der Waals surface area contributed by atoms with Crippen molar-refractivity contribution in [1.29, 1.82) is 0 Å². The summed E-state index contributed by atoms with van der Waals surface area (Å²) in [5, 5.41) is 19.7. The van der Waals surface area contributed by atoms with Crippen molar-refractivity contribution in [3.8, 4) is 5.75 Å². The van der Waals surface area contributed by atoms with Crippen molar-refractivity contribution in [1.82, 2.24) is 0 Å². The molecule has 6 heteroatoms. The number of carboxylic acid groups (broad SMARTS) is 1. The van der Waals surface area contributed by atoms with Crippen LogP contribution in [0.25, 0.3) is 10.8 Å². The number of carbonyl (C=O) groups excluding carboxylic acids is 2. The van der Waals surface area contributed by atoms with Gasteiger partial charge in [0.2, 0.25) is 0 Å². The molecule has 0 radical (unpaired) electrons. The summed E-state index contributed by atoms with van der Waals surface area (Å²) >= 11 is 0. The first kappa shape index (κ1) is 14.9. The number of anilines is 1. The van der Waals surface area contributed by atoms with Gasteiger partial charge in [0.15, 0.2) is 0 Å². The molecular formula is C19H11NO5. The number of amides is 2. The molecule has 3 aromatic rings. The van der Waals surface area contributed by atoms with Crippen molar-refractivity contribution in [2.75, 3.05) is 4.90 Å². The van der Waals surface area contributed by atoms with Crippen LogP contribution in [0, 0.1) is 0 Å². The van der Waals surface area contributed by atoms with Gasteiger partial charge in [0.25, 0.3) is 11.8 Å². The molecule has 0 aliphatic carbocycles. The molecule has 3 aromatic carbocycles. The van der Waals surface area contributed by atoms with Crippen LogP contribution in [0.1, 0.15) is 31.1 Å². The van der Waals surface area contributed by atoms with Crippen molar-refractivity contribution >= 4 is 34.2 Å². The minimum absolute atomic E-state index is 0.0343. The SMILES string of the molecule is O=C(O)c1ccc2c3c(cccc13)C(=O)N(c1cccc(O)c1)C2=O. The minimum Gasteiger partial charge on any atom is -0.508 e. The van der Waals surface area contributed by atoms with Gasteiger partial charge >= 0.3 is 5.97 Å². The van der Waals surface area contributed by atoms with Crippen LogP contribution in [0.15, 0.2) is 54.6 Å². The first-order valence-corrected chi connectivity index (χ1v) is 7.46. The van der Waals surface area contributed by atoms with E-state index < -0.39 is 17.8 Å². The Bertz CT molecular complexity index is 1060. The van der Waals surface area contributed by atoms with Gasteiger partial charge in [-0.2, -0.15) is 0 Å². The van der Waals surface area contributed by atoms with Crippen LogP contribution in [0.5, 0.6) is 5.75 Å². The number of aromatic hydroxyl groups is 1. The zero-order valence-corrected chi connectivity index (χ0v) is 12.8. The van der Waals surface area contributed by atoms with Gasteiger partial charge in [-0.3, -0.25) is 9.59 Å². The molecule has 0 fully saturated rings. The number of rotatable bonds is 2. The van der Waals surface area contributed by atoms with Crippen LogP contribution >= 0.6 is 0 Å². The fourth-order valence-electron chi connectivity index (χ4n) is 3.15. The maximum Gasteiger partial charge on any atom is 0.336 e. The van der Waals surface area contributed by atoms with E-state index in [-0.39, 0.29) is 28.1 Å². The van der Waals surface area contributed by atoms with Gasteiger partial charge in [-0.05, 0) is 35.7 Å². The highest BCUT2D eigenvalue weighted by molar-refractivity contribution is 6.36. The van der Waals surface area contributed by atoms with Crippen LogP contribution in [-0.2, 0) is 0 Å². The van der Waals surface area contributed by atoms with Gasteiger partial charge in [0.1, 0.15) is 5.75 Å². The number of phenols is 1. The van der Waals surface area contributed by atoms with Gasteiger partial charge in [-0.15, -0.1) is 0 Å². The smallest absolute Gasteiger partial charge is 0.336 e. The molecule has 4 rings (SSSR count). The van der Waals surface area contributed by atoms with Crippen molar-refractivity contribution < 1.29 is 24.6 Å². The third-order valence-electron chi connectivity index (χ3n) is 4.23. The zero-order valence-electron chi connectivity index (χ0n) is 12.8. The number of nitrogens with zero attached hydrogens (tertiary/aromatic N) is 1. The van der Waals surface area contributed by atoms with Gasteiger partial charge < -0.3 is 10.2 Å². The molecule has 0 spiro atoms. The van der Waals surface area contributed by atoms with Gasteiger partial charge in [0.05, 0.1) is 11.3 Å². The standard InChI is InChI=1S/C19H11NO5/c21-11-4-1-3-10(9-11)20-17(22)14-6-2-5-12-13(19(24)25)7-8-15(16(12)14)18(20)23/h1-9,21H,(H,24,25). The molecule has 0 saturated carbocycles. The molecule has 2 amide bonds. The van der Waals surface area contributed by atoms with Gasteiger partial charge in [-0.25, -0.2) is 9.69 Å². The average molecular weight is 333 g/mol. The number of hydrogen-bond donors (Lipinski definition) is 2. The van der Waals surface area contributed by atoms with Crippen LogP contribution < -0.4 is 4.90 Å². The van der Waals surface area contributed by atoms with Crippen molar-refractivity contribution in [2.24, 2.45) is 0 Å². The number of carbonyl (C=O) groups is 3. The molecule has 0 atom stereocenters. The van der Waals surface area contributed by atoms with E-state index in [1.165, 1.54) is 30.3 Å². The van der Waals surface area contributed by atoms with Crippen LogP contribution in [0.2, 0.25) is 0 Å². The summed E-state index contributed by atoms with van der Waals surface area (Å²) in [6.45, 7) is 0. The molecule has 25 heavy (non-hydrogen) atoms. The van der Waals surface area contributed by atoms with E-state index in [0.29, 0.717) is 10.8 Å². The number of carboxylic acids is 1. The molecule has 1 heterocycles. The van der Waals surface area contributed by atoms with E-state index in [1.807, 2.05) is 0 Å². The van der Waals surface area contributed by atoms with E-state index in [2.05, 4.69) is 0 Å². The first-order valence-electron chi connectivity index (χ1n) is 7.46. The third kappa shape index (κ3) is 2.08. The summed E-state index contributed by atoms with van der Waals surface area (Å²) in [6.07, 6.45) is 0. The molecule has 1 aliphatic rings. The molecule has 0 bridgehead atoms. The summed E-state index contributed by atoms with van der Waals surface area (Å²) in [5.41, 5.74) is 0.782. The predicted octanol–water partition coefficient (Wildman–Crippen LogP) is 3.04. The largest absolute Gasteiger partial charge is 0.508 e. The number of aromatic carboxylic acids is 1. The summed E-state index contributed by atoms with van der Waals surface area (Å²) in [5.74, 6) is -2.31. The second-order valence-corrected chi connectivity index (χ2v) is 5.66. The fraction of sp³-hybridized carbons (Fsp3) is 0. The molecule has 6 nitrogen and oxygen atoms in total. The molecule has 0 aromatic heterocycles. The highest BCUT2D eigenvalue weighted by Gasteiger charge is 2.34. The molecule has 0 saturated heterocycles. The minimum atomic E-state index is -1.13. The Balaban J connectivity index is 2.01.